The number of rotatable bonds is 4. The highest BCUT2D eigenvalue weighted by Crippen LogP contribution is 2.14. The molecule has 2 aromatic heterocycles. The Hall–Kier alpha value is -5.07. The van der Waals surface area contributed by atoms with Gasteiger partial charge in [-0.2, -0.15) is 0 Å². The van der Waals surface area contributed by atoms with Crippen LogP contribution in [0.5, 0.6) is 0 Å². The lowest BCUT2D eigenvalue weighted by atomic mass is 10.2. The van der Waals surface area contributed by atoms with Crippen molar-refractivity contribution in [3.8, 4) is 11.4 Å². The zero-order valence-electron chi connectivity index (χ0n) is 16.0. The molecule has 0 aliphatic heterocycles. The summed E-state index contributed by atoms with van der Waals surface area (Å²) in [5.74, 6) is 0. The molecule has 4 rings (SSSR count). The number of aliphatic imine (C=N–C) groups is 1. The van der Waals surface area contributed by atoms with Crippen LogP contribution < -0.4 is 34.1 Å². The van der Waals surface area contributed by atoms with Gasteiger partial charge in [0.2, 0.25) is 0 Å². The summed E-state index contributed by atoms with van der Waals surface area (Å²) in [7, 11) is 0. The Morgan fingerprint density at radius 1 is 0.562 bits per heavy atom. The number of nitrogens with zero attached hydrogens (tertiary/aromatic N) is 3. The molecular formula is C19H13N7O6. The van der Waals surface area contributed by atoms with E-state index < -0.39 is 34.1 Å². The summed E-state index contributed by atoms with van der Waals surface area (Å²) in [6, 6.07) is 12.3. The maximum Gasteiger partial charge on any atom is 0.338 e. The minimum atomic E-state index is -0.890. The molecule has 0 fully saturated rings. The zero-order chi connectivity index (χ0) is 22.8. The standard InChI is InChI=1S/C19H13N7O6/c27-14-21-16(29)25(17(30)22-14)12-5-1-10(2-6-12)9-20-11-3-7-13(8-4-11)26-18(31)23-15(28)24-19(26)32/h1-9H,(H2,21,22,27,29,30)(H2,23,24,28,31,32)/b20-9+. The van der Waals surface area contributed by atoms with Gasteiger partial charge in [-0.1, -0.05) is 12.1 Å². The van der Waals surface area contributed by atoms with Crippen LogP contribution in [0.2, 0.25) is 0 Å². The molecule has 4 N–H and O–H groups in total. The zero-order valence-corrected chi connectivity index (χ0v) is 16.0. The first-order chi connectivity index (χ1) is 15.3. The lowest BCUT2D eigenvalue weighted by Gasteiger charge is -2.04. The highest BCUT2D eigenvalue weighted by molar-refractivity contribution is 5.82. The van der Waals surface area contributed by atoms with Crippen molar-refractivity contribution in [3.05, 3.63) is 117 Å². The number of aromatic amines is 4. The van der Waals surface area contributed by atoms with Crippen LogP contribution in [0, 0.1) is 0 Å². The van der Waals surface area contributed by atoms with E-state index >= 15 is 0 Å². The van der Waals surface area contributed by atoms with Gasteiger partial charge in [0.1, 0.15) is 0 Å². The Bertz CT molecular complexity index is 1480. The molecule has 2 heterocycles. The van der Waals surface area contributed by atoms with Crippen LogP contribution >= 0.6 is 0 Å². The Morgan fingerprint density at radius 2 is 0.938 bits per heavy atom. The van der Waals surface area contributed by atoms with Gasteiger partial charge in [0.15, 0.2) is 0 Å². The van der Waals surface area contributed by atoms with E-state index in [-0.39, 0.29) is 11.4 Å². The summed E-state index contributed by atoms with van der Waals surface area (Å²) in [6.45, 7) is 0. The van der Waals surface area contributed by atoms with E-state index in [0.717, 1.165) is 9.13 Å². The molecule has 0 bridgehead atoms. The van der Waals surface area contributed by atoms with Crippen molar-refractivity contribution in [2.45, 2.75) is 0 Å². The Morgan fingerprint density at radius 3 is 1.34 bits per heavy atom. The first-order valence-corrected chi connectivity index (χ1v) is 8.98. The van der Waals surface area contributed by atoms with Gasteiger partial charge in [-0.3, -0.25) is 24.9 Å². The second-order valence-electron chi connectivity index (χ2n) is 6.42. The predicted molar refractivity (Wildman–Crippen MR) is 114 cm³/mol. The van der Waals surface area contributed by atoms with Gasteiger partial charge in [-0.15, -0.1) is 0 Å². The fourth-order valence-electron chi connectivity index (χ4n) is 2.87. The fraction of sp³-hybridized carbons (Fsp3) is 0. The van der Waals surface area contributed by atoms with E-state index in [1.54, 1.807) is 24.3 Å². The van der Waals surface area contributed by atoms with E-state index in [2.05, 4.69) is 4.99 Å². The third-order valence-corrected chi connectivity index (χ3v) is 4.32. The van der Waals surface area contributed by atoms with Crippen LogP contribution in [0.4, 0.5) is 5.69 Å². The van der Waals surface area contributed by atoms with E-state index in [1.807, 2.05) is 19.9 Å². The van der Waals surface area contributed by atoms with Gasteiger partial charge in [-0.05, 0) is 42.0 Å². The molecule has 32 heavy (non-hydrogen) atoms. The Balaban J connectivity index is 1.57. The predicted octanol–water partition coefficient (Wildman–Crippen LogP) is -1.51. The van der Waals surface area contributed by atoms with Crippen LogP contribution in [0.1, 0.15) is 5.56 Å². The summed E-state index contributed by atoms with van der Waals surface area (Å²) in [6.07, 6.45) is 1.53. The number of nitrogens with one attached hydrogen (secondary N) is 4. The van der Waals surface area contributed by atoms with E-state index in [0.29, 0.717) is 11.3 Å². The minimum Gasteiger partial charge on any atom is -0.258 e. The molecule has 0 unspecified atom stereocenters. The maximum absolute atomic E-state index is 11.8. The number of H-pyrrole nitrogens is 4. The quantitative estimate of drug-likeness (QED) is 0.282. The largest absolute Gasteiger partial charge is 0.338 e. The van der Waals surface area contributed by atoms with E-state index in [1.165, 1.54) is 30.5 Å². The van der Waals surface area contributed by atoms with Gasteiger partial charge in [0.05, 0.1) is 17.1 Å². The van der Waals surface area contributed by atoms with Crippen molar-refractivity contribution in [3.63, 3.8) is 0 Å². The molecule has 0 saturated carbocycles. The molecule has 0 saturated heterocycles. The number of hydrogen-bond acceptors (Lipinski definition) is 7. The second-order valence-corrected chi connectivity index (χ2v) is 6.42. The normalized spacial score (nSPS) is 11.1. The second kappa shape index (κ2) is 7.98. The first-order valence-electron chi connectivity index (χ1n) is 8.98. The van der Waals surface area contributed by atoms with Crippen LogP contribution in [0.25, 0.3) is 11.4 Å². The average molecular weight is 435 g/mol. The number of hydrogen-bond donors (Lipinski definition) is 4. The number of aromatic nitrogens is 6. The monoisotopic (exact) mass is 435 g/mol. The van der Waals surface area contributed by atoms with Gasteiger partial charge in [0, 0.05) is 6.21 Å². The smallest absolute Gasteiger partial charge is 0.258 e. The Kier molecular flexibility index (Phi) is 5.04. The van der Waals surface area contributed by atoms with Gasteiger partial charge in [-0.25, -0.2) is 37.9 Å². The lowest BCUT2D eigenvalue weighted by molar-refractivity contribution is 0.784. The van der Waals surface area contributed by atoms with Crippen molar-refractivity contribution in [2.75, 3.05) is 0 Å². The molecular weight excluding hydrogens is 422 g/mol. The summed E-state index contributed by atoms with van der Waals surface area (Å²) in [5, 5.41) is 0. The molecule has 0 spiro atoms. The molecule has 160 valence electrons. The highest BCUT2D eigenvalue weighted by atomic mass is 16.2. The van der Waals surface area contributed by atoms with Crippen LogP contribution in [-0.2, 0) is 0 Å². The van der Waals surface area contributed by atoms with Crippen molar-refractivity contribution in [2.24, 2.45) is 4.99 Å². The molecule has 13 nitrogen and oxygen atoms in total. The maximum atomic E-state index is 11.8. The fourth-order valence-corrected chi connectivity index (χ4v) is 2.87. The van der Waals surface area contributed by atoms with Crippen molar-refractivity contribution >= 4 is 11.9 Å². The summed E-state index contributed by atoms with van der Waals surface area (Å²) >= 11 is 0. The van der Waals surface area contributed by atoms with E-state index in [4.69, 9.17) is 0 Å². The third-order valence-electron chi connectivity index (χ3n) is 4.32. The molecule has 0 atom stereocenters. The molecule has 4 aromatic rings. The highest BCUT2D eigenvalue weighted by Gasteiger charge is 2.06. The molecule has 0 aliphatic carbocycles. The summed E-state index contributed by atoms with van der Waals surface area (Å²) in [5.41, 5.74) is -3.56. The third kappa shape index (κ3) is 3.97. The summed E-state index contributed by atoms with van der Waals surface area (Å²) < 4.78 is 1.55. The molecule has 2 aromatic carbocycles. The van der Waals surface area contributed by atoms with Crippen LogP contribution in [0.15, 0.2) is 82.3 Å². The van der Waals surface area contributed by atoms with Crippen molar-refractivity contribution in [1.82, 2.24) is 29.1 Å². The van der Waals surface area contributed by atoms with Crippen LogP contribution in [-0.4, -0.2) is 35.3 Å². The lowest BCUT2D eigenvalue weighted by Crippen LogP contribution is -2.42. The SMILES string of the molecule is O=c1[nH]c(=O)n(-c2ccc(/C=N/c3ccc(-n4c(=O)[nH]c(=O)[nH]c4=O)cc3)cc2)c(=O)[nH]1. The molecule has 0 radical (unpaired) electrons. The van der Waals surface area contributed by atoms with Gasteiger partial charge < -0.3 is 0 Å². The van der Waals surface area contributed by atoms with E-state index in [9.17, 15) is 28.8 Å². The first kappa shape index (κ1) is 20.2. The van der Waals surface area contributed by atoms with Gasteiger partial charge in [0.25, 0.3) is 0 Å². The average Bonchev–Trinajstić information content (AvgIpc) is 2.73. The van der Waals surface area contributed by atoms with Crippen molar-refractivity contribution < 1.29 is 0 Å². The molecule has 0 aliphatic rings. The molecule has 13 heteroatoms. The minimum absolute atomic E-state index is 0.243. The summed E-state index contributed by atoms with van der Waals surface area (Å²) in [4.78, 5) is 81.8. The van der Waals surface area contributed by atoms with Crippen molar-refractivity contribution in [1.29, 1.82) is 0 Å². The van der Waals surface area contributed by atoms with Gasteiger partial charge >= 0.3 is 34.1 Å². The number of benzene rings is 2. The molecule has 0 amide bonds. The Labute approximate surface area is 175 Å². The topological polar surface area (TPSA) is 188 Å². The van der Waals surface area contributed by atoms with Crippen LogP contribution in [0.3, 0.4) is 0 Å².